The maximum Gasteiger partial charge on any atom is 0.339 e. The second-order valence-electron chi connectivity index (χ2n) is 5.24. The predicted molar refractivity (Wildman–Crippen MR) is 84.1 cm³/mol. The Morgan fingerprint density at radius 3 is 2.71 bits per heavy atom. The lowest BCUT2D eigenvalue weighted by Crippen LogP contribution is -2.02. The van der Waals surface area contributed by atoms with Crippen LogP contribution in [0.4, 0.5) is 0 Å². The standard InChI is InChI=1S/C15H16Cl2N2O2/c1-9(2)6-7-19-8-11(15(20)21)14(18-19)10-4-3-5-12(16)13(10)17/h3-5,8-9H,6-7H2,1-2H3,(H,20,21). The highest BCUT2D eigenvalue weighted by molar-refractivity contribution is 6.43. The van der Waals surface area contributed by atoms with Gasteiger partial charge in [-0.25, -0.2) is 4.79 Å². The first-order chi connectivity index (χ1) is 9.90. The van der Waals surface area contributed by atoms with E-state index in [-0.39, 0.29) is 5.56 Å². The van der Waals surface area contributed by atoms with Crippen LogP contribution in [0.1, 0.15) is 30.6 Å². The van der Waals surface area contributed by atoms with E-state index in [0.717, 1.165) is 6.42 Å². The molecule has 1 aromatic carbocycles. The van der Waals surface area contributed by atoms with Crippen molar-refractivity contribution in [1.29, 1.82) is 0 Å². The van der Waals surface area contributed by atoms with E-state index >= 15 is 0 Å². The van der Waals surface area contributed by atoms with Crippen molar-refractivity contribution in [2.24, 2.45) is 5.92 Å². The summed E-state index contributed by atoms with van der Waals surface area (Å²) in [5, 5.41) is 14.4. The molecular weight excluding hydrogens is 311 g/mol. The Balaban J connectivity index is 2.46. The van der Waals surface area contributed by atoms with Crippen LogP contribution in [0.25, 0.3) is 11.3 Å². The summed E-state index contributed by atoms with van der Waals surface area (Å²) in [7, 11) is 0. The van der Waals surface area contributed by atoms with Gasteiger partial charge in [-0.2, -0.15) is 5.10 Å². The molecule has 1 heterocycles. The highest BCUT2D eigenvalue weighted by Crippen LogP contribution is 2.34. The molecule has 0 radical (unpaired) electrons. The molecule has 0 saturated heterocycles. The molecule has 0 fully saturated rings. The number of aryl methyl sites for hydroxylation is 1. The Labute approximate surface area is 133 Å². The molecular formula is C15H16Cl2N2O2. The maximum atomic E-state index is 11.4. The Hall–Kier alpha value is -1.52. The molecule has 0 atom stereocenters. The molecule has 0 unspecified atom stereocenters. The number of hydrogen-bond donors (Lipinski definition) is 1. The second kappa shape index (κ2) is 6.50. The molecule has 0 aliphatic rings. The first kappa shape index (κ1) is 15.9. The van der Waals surface area contributed by atoms with Gasteiger partial charge in [0, 0.05) is 18.3 Å². The fourth-order valence-electron chi connectivity index (χ4n) is 1.97. The fourth-order valence-corrected chi connectivity index (χ4v) is 2.36. The summed E-state index contributed by atoms with van der Waals surface area (Å²) in [6, 6.07) is 5.10. The summed E-state index contributed by atoms with van der Waals surface area (Å²) in [4.78, 5) is 11.4. The van der Waals surface area contributed by atoms with Gasteiger partial charge in [0.25, 0.3) is 0 Å². The van der Waals surface area contributed by atoms with Crippen molar-refractivity contribution in [1.82, 2.24) is 9.78 Å². The smallest absolute Gasteiger partial charge is 0.339 e. The van der Waals surface area contributed by atoms with E-state index in [1.54, 1.807) is 22.9 Å². The van der Waals surface area contributed by atoms with Gasteiger partial charge in [-0.3, -0.25) is 4.68 Å². The minimum Gasteiger partial charge on any atom is -0.478 e. The Morgan fingerprint density at radius 1 is 1.38 bits per heavy atom. The Morgan fingerprint density at radius 2 is 2.10 bits per heavy atom. The zero-order chi connectivity index (χ0) is 15.6. The normalized spacial score (nSPS) is 11.1. The monoisotopic (exact) mass is 326 g/mol. The zero-order valence-electron chi connectivity index (χ0n) is 11.8. The average molecular weight is 327 g/mol. The Kier molecular flexibility index (Phi) is 4.91. The summed E-state index contributed by atoms with van der Waals surface area (Å²) < 4.78 is 1.65. The number of carboxylic acid groups (broad SMARTS) is 1. The van der Waals surface area contributed by atoms with E-state index < -0.39 is 5.97 Å². The third kappa shape index (κ3) is 3.57. The van der Waals surface area contributed by atoms with Gasteiger partial charge in [-0.05, 0) is 18.4 Å². The van der Waals surface area contributed by atoms with E-state index in [2.05, 4.69) is 18.9 Å². The van der Waals surface area contributed by atoms with Crippen LogP contribution < -0.4 is 0 Å². The SMILES string of the molecule is CC(C)CCn1cc(C(=O)O)c(-c2cccc(Cl)c2Cl)n1. The molecule has 112 valence electrons. The summed E-state index contributed by atoms with van der Waals surface area (Å²) >= 11 is 12.2. The first-order valence-electron chi connectivity index (χ1n) is 6.65. The molecule has 2 aromatic rings. The van der Waals surface area contributed by atoms with E-state index in [4.69, 9.17) is 23.2 Å². The molecule has 0 saturated carbocycles. The lowest BCUT2D eigenvalue weighted by molar-refractivity contribution is 0.0697. The fraction of sp³-hybridized carbons (Fsp3) is 0.333. The van der Waals surface area contributed by atoms with Gasteiger partial charge in [0.2, 0.25) is 0 Å². The first-order valence-corrected chi connectivity index (χ1v) is 7.41. The van der Waals surface area contributed by atoms with E-state index in [0.29, 0.717) is 33.8 Å². The lowest BCUT2D eigenvalue weighted by Gasteiger charge is -2.05. The van der Waals surface area contributed by atoms with Crippen molar-refractivity contribution in [2.45, 2.75) is 26.8 Å². The maximum absolute atomic E-state index is 11.4. The number of nitrogens with zero attached hydrogens (tertiary/aromatic N) is 2. The van der Waals surface area contributed by atoms with Gasteiger partial charge in [-0.15, -0.1) is 0 Å². The largest absolute Gasteiger partial charge is 0.478 e. The Bertz CT molecular complexity index is 666. The molecule has 4 nitrogen and oxygen atoms in total. The molecule has 0 bridgehead atoms. The van der Waals surface area contributed by atoms with Crippen LogP contribution in [0, 0.1) is 5.92 Å². The summed E-state index contributed by atoms with van der Waals surface area (Å²) in [6.07, 6.45) is 2.46. The highest BCUT2D eigenvalue weighted by atomic mass is 35.5. The number of benzene rings is 1. The van der Waals surface area contributed by atoms with Crippen LogP contribution in [-0.4, -0.2) is 20.9 Å². The minimum absolute atomic E-state index is 0.128. The third-order valence-electron chi connectivity index (χ3n) is 3.13. The van der Waals surface area contributed by atoms with Gasteiger partial charge >= 0.3 is 5.97 Å². The van der Waals surface area contributed by atoms with Gasteiger partial charge in [-0.1, -0.05) is 49.2 Å². The van der Waals surface area contributed by atoms with Gasteiger partial charge in [0.1, 0.15) is 11.3 Å². The van der Waals surface area contributed by atoms with Gasteiger partial charge in [0.05, 0.1) is 10.0 Å². The molecule has 21 heavy (non-hydrogen) atoms. The second-order valence-corrected chi connectivity index (χ2v) is 6.03. The van der Waals surface area contributed by atoms with Crippen molar-refractivity contribution in [3.63, 3.8) is 0 Å². The van der Waals surface area contributed by atoms with E-state index in [9.17, 15) is 9.90 Å². The number of aromatic carboxylic acids is 1. The quantitative estimate of drug-likeness (QED) is 0.873. The van der Waals surface area contributed by atoms with Crippen molar-refractivity contribution in [3.8, 4) is 11.3 Å². The summed E-state index contributed by atoms with van der Waals surface area (Å²) in [5.41, 5.74) is 1.01. The van der Waals surface area contributed by atoms with Gasteiger partial charge in [0.15, 0.2) is 0 Å². The summed E-state index contributed by atoms with van der Waals surface area (Å²) in [6.45, 7) is 4.88. The number of rotatable bonds is 5. The topological polar surface area (TPSA) is 55.1 Å². The molecule has 0 aliphatic carbocycles. The molecule has 0 spiro atoms. The van der Waals surface area contributed by atoms with E-state index in [1.165, 1.54) is 6.20 Å². The number of hydrogen-bond acceptors (Lipinski definition) is 2. The molecule has 0 amide bonds. The van der Waals surface area contributed by atoms with Crippen LogP contribution >= 0.6 is 23.2 Å². The molecule has 6 heteroatoms. The van der Waals surface area contributed by atoms with Crippen molar-refractivity contribution >= 4 is 29.2 Å². The highest BCUT2D eigenvalue weighted by Gasteiger charge is 2.20. The molecule has 0 aliphatic heterocycles. The number of halogens is 2. The van der Waals surface area contributed by atoms with Crippen LogP contribution in [0.15, 0.2) is 24.4 Å². The van der Waals surface area contributed by atoms with Crippen molar-refractivity contribution in [3.05, 3.63) is 40.0 Å². The van der Waals surface area contributed by atoms with Crippen LogP contribution in [0.3, 0.4) is 0 Å². The predicted octanol–water partition coefficient (Wildman–Crippen LogP) is 4.60. The van der Waals surface area contributed by atoms with Crippen molar-refractivity contribution < 1.29 is 9.90 Å². The number of carboxylic acids is 1. The van der Waals surface area contributed by atoms with Crippen LogP contribution in [-0.2, 0) is 6.54 Å². The van der Waals surface area contributed by atoms with E-state index in [1.807, 2.05) is 0 Å². The van der Waals surface area contributed by atoms with Crippen molar-refractivity contribution in [2.75, 3.05) is 0 Å². The average Bonchev–Trinajstić information content (AvgIpc) is 2.84. The van der Waals surface area contributed by atoms with Gasteiger partial charge < -0.3 is 5.11 Å². The molecule has 1 N–H and O–H groups in total. The molecule has 1 aromatic heterocycles. The molecule has 2 rings (SSSR count). The minimum atomic E-state index is -1.03. The third-order valence-corrected chi connectivity index (χ3v) is 3.95. The van der Waals surface area contributed by atoms with Crippen LogP contribution in [0.2, 0.25) is 10.0 Å². The number of aromatic nitrogens is 2. The summed E-state index contributed by atoms with van der Waals surface area (Å²) in [5.74, 6) is -0.516. The van der Waals surface area contributed by atoms with Crippen LogP contribution in [0.5, 0.6) is 0 Å². The zero-order valence-corrected chi connectivity index (χ0v) is 13.3. The number of carbonyl (C=O) groups is 1. The lowest BCUT2D eigenvalue weighted by atomic mass is 10.1.